The zero-order valence-electron chi connectivity index (χ0n) is 9.78. The monoisotopic (exact) mass is 279 g/mol. The van der Waals surface area contributed by atoms with E-state index in [-0.39, 0.29) is 0 Å². The van der Waals surface area contributed by atoms with Crippen molar-refractivity contribution < 1.29 is 4.42 Å². The van der Waals surface area contributed by atoms with Crippen molar-refractivity contribution in [3.05, 3.63) is 46.9 Å². The fraction of sp³-hybridized carbons (Fsp3) is 0.214. The first-order valence-corrected chi connectivity index (χ1v) is 6.51. The molecule has 1 aliphatic carbocycles. The standard InChI is InChI=1S/C14H11Cl2NO/c1-8-2-5-12(16)13-14(18-7-17-13)11-6-9(15)3-4-10(8)11/h3-8H,2H2,1H3. The van der Waals surface area contributed by atoms with Crippen molar-refractivity contribution in [3.8, 4) is 11.3 Å². The highest BCUT2D eigenvalue weighted by atomic mass is 35.5. The Morgan fingerprint density at radius 1 is 1.33 bits per heavy atom. The van der Waals surface area contributed by atoms with Gasteiger partial charge in [0.15, 0.2) is 12.2 Å². The predicted octanol–water partition coefficient (Wildman–Crippen LogP) is 5.08. The van der Waals surface area contributed by atoms with Gasteiger partial charge in [0.1, 0.15) is 5.69 Å². The van der Waals surface area contributed by atoms with Gasteiger partial charge >= 0.3 is 0 Å². The lowest BCUT2D eigenvalue weighted by Gasteiger charge is -2.17. The van der Waals surface area contributed by atoms with Crippen LogP contribution in [0.5, 0.6) is 0 Å². The number of hydrogen-bond acceptors (Lipinski definition) is 2. The third-order valence-corrected chi connectivity index (χ3v) is 3.80. The van der Waals surface area contributed by atoms with Crippen LogP contribution in [0.2, 0.25) is 5.02 Å². The normalized spacial score (nSPS) is 18.4. The van der Waals surface area contributed by atoms with E-state index < -0.39 is 0 Å². The van der Waals surface area contributed by atoms with Crippen LogP contribution in [0.4, 0.5) is 0 Å². The lowest BCUT2D eigenvalue weighted by Crippen LogP contribution is -1.99. The molecule has 0 saturated carbocycles. The van der Waals surface area contributed by atoms with Crippen molar-refractivity contribution in [1.82, 2.24) is 4.98 Å². The number of hydrogen-bond donors (Lipinski definition) is 0. The Kier molecular flexibility index (Phi) is 2.92. The van der Waals surface area contributed by atoms with Gasteiger partial charge in [-0.25, -0.2) is 4.98 Å². The Balaban J connectivity index is 2.31. The lowest BCUT2D eigenvalue weighted by molar-refractivity contribution is 0.570. The van der Waals surface area contributed by atoms with E-state index in [1.54, 1.807) is 0 Å². The average molecular weight is 280 g/mol. The Morgan fingerprint density at radius 3 is 3.00 bits per heavy atom. The third kappa shape index (κ3) is 1.86. The molecule has 92 valence electrons. The van der Waals surface area contributed by atoms with Crippen LogP contribution < -0.4 is 0 Å². The number of nitrogens with zero attached hydrogens (tertiary/aromatic N) is 1. The third-order valence-electron chi connectivity index (χ3n) is 3.24. The maximum Gasteiger partial charge on any atom is 0.182 e. The molecule has 0 spiro atoms. The van der Waals surface area contributed by atoms with Crippen molar-refractivity contribution in [2.24, 2.45) is 0 Å². The molecule has 0 fully saturated rings. The second-order valence-electron chi connectivity index (χ2n) is 4.45. The van der Waals surface area contributed by atoms with Crippen LogP contribution in [-0.2, 0) is 0 Å². The number of halogens is 2. The summed E-state index contributed by atoms with van der Waals surface area (Å²) in [5, 5.41) is 1.32. The number of benzene rings is 1. The van der Waals surface area contributed by atoms with E-state index in [9.17, 15) is 0 Å². The van der Waals surface area contributed by atoms with Crippen LogP contribution in [0.3, 0.4) is 0 Å². The Hall–Kier alpha value is -1.25. The Morgan fingerprint density at radius 2 is 2.17 bits per heavy atom. The van der Waals surface area contributed by atoms with E-state index in [1.807, 2.05) is 24.3 Å². The van der Waals surface area contributed by atoms with Gasteiger partial charge in [0, 0.05) is 10.6 Å². The minimum Gasteiger partial charge on any atom is -0.443 e. The van der Waals surface area contributed by atoms with Gasteiger partial charge in [0.25, 0.3) is 0 Å². The van der Waals surface area contributed by atoms with Crippen LogP contribution in [0.1, 0.15) is 30.5 Å². The molecule has 1 heterocycles. The topological polar surface area (TPSA) is 26.0 Å². The number of allylic oxidation sites excluding steroid dienone is 1. The molecule has 1 aromatic heterocycles. The van der Waals surface area contributed by atoms with Gasteiger partial charge in [-0.15, -0.1) is 0 Å². The van der Waals surface area contributed by atoms with E-state index in [1.165, 1.54) is 12.0 Å². The molecule has 0 aliphatic heterocycles. The minimum absolute atomic E-state index is 0.365. The number of oxazole rings is 1. The van der Waals surface area contributed by atoms with Crippen molar-refractivity contribution in [2.75, 3.05) is 0 Å². The highest BCUT2D eigenvalue weighted by molar-refractivity contribution is 6.49. The average Bonchev–Trinajstić information content (AvgIpc) is 2.83. The van der Waals surface area contributed by atoms with Crippen LogP contribution in [-0.4, -0.2) is 4.98 Å². The lowest BCUT2D eigenvalue weighted by atomic mass is 9.89. The zero-order valence-corrected chi connectivity index (χ0v) is 11.3. The summed E-state index contributed by atoms with van der Waals surface area (Å²) in [4.78, 5) is 4.18. The SMILES string of the molecule is CC1CC=C(Cl)c2ncoc2-c2cc(Cl)ccc21. The fourth-order valence-corrected chi connectivity index (χ4v) is 2.66. The molecule has 1 aliphatic rings. The van der Waals surface area contributed by atoms with Gasteiger partial charge in [-0.05, 0) is 30.0 Å². The van der Waals surface area contributed by atoms with E-state index in [2.05, 4.69) is 11.9 Å². The number of aromatic nitrogens is 1. The zero-order chi connectivity index (χ0) is 12.7. The summed E-state index contributed by atoms with van der Waals surface area (Å²) in [7, 11) is 0. The molecule has 0 radical (unpaired) electrons. The largest absolute Gasteiger partial charge is 0.443 e. The molecule has 1 atom stereocenters. The molecule has 2 aromatic rings. The molecule has 0 bridgehead atoms. The number of fused-ring (bicyclic) bond motifs is 3. The molecule has 0 amide bonds. The smallest absolute Gasteiger partial charge is 0.182 e. The van der Waals surface area contributed by atoms with Gasteiger partial charge in [0.2, 0.25) is 0 Å². The van der Waals surface area contributed by atoms with Crippen LogP contribution in [0.15, 0.2) is 35.1 Å². The van der Waals surface area contributed by atoms with Crippen molar-refractivity contribution >= 4 is 28.2 Å². The van der Waals surface area contributed by atoms with E-state index in [0.29, 0.717) is 27.4 Å². The van der Waals surface area contributed by atoms with Gasteiger partial charge in [-0.2, -0.15) is 0 Å². The minimum atomic E-state index is 0.365. The van der Waals surface area contributed by atoms with Crippen LogP contribution >= 0.6 is 23.2 Å². The van der Waals surface area contributed by atoms with Crippen molar-refractivity contribution in [3.63, 3.8) is 0 Å². The molecular formula is C14H11Cl2NO. The maximum atomic E-state index is 6.24. The summed E-state index contributed by atoms with van der Waals surface area (Å²) in [5.41, 5.74) is 2.87. The van der Waals surface area contributed by atoms with Gasteiger partial charge in [0.05, 0.1) is 5.03 Å². The molecule has 2 nitrogen and oxygen atoms in total. The van der Waals surface area contributed by atoms with Gasteiger partial charge in [-0.1, -0.05) is 42.3 Å². The molecule has 1 aromatic carbocycles. The molecule has 18 heavy (non-hydrogen) atoms. The van der Waals surface area contributed by atoms with Gasteiger partial charge in [-0.3, -0.25) is 0 Å². The second kappa shape index (κ2) is 4.45. The predicted molar refractivity (Wildman–Crippen MR) is 73.8 cm³/mol. The van der Waals surface area contributed by atoms with E-state index in [0.717, 1.165) is 12.0 Å². The molecule has 4 heteroatoms. The maximum absolute atomic E-state index is 6.24. The second-order valence-corrected chi connectivity index (χ2v) is 5.29. The van der Waals surface area contributed by atoms with Crippen LogP contribution in [0.25, 0.3) is 16.4 Å². The summed E-state index contributed by atoms with van der Waals surface area (Å²) in [6.07, 6.45) is 4.28. The summed E-state index contributed by atoms with van der Waals surface area (Å²) in [6.45, 7) is 2.16. The highest BCUT2D eigenvalue weighted by Crippen LogP contribution is 2.40. The molecular weight excluding hydrogens is 269 g/mol. The first-order chi connectivity index (χ1) is 8.66. The molecule has 3 rings (SSSR count). The fourth-order valence-electron chi connectivity index (χ4n) is 2.27. The Bertz CT molecular complexity index is 630. The van der Waals surface area contributed by atoms with Gasteiger partial charge < -0.3 is 4.42 Å². The highest BCUT2D eigenvalue weighted by Gasteiger charge is 2.22. The quantitative estimate of drug-likeness (QED) is 0.672. The summed E-state index contributed by atoms with van der Waals surface area (Å²) in [6, 6.07) is 5.86. The van der Waals surface area contributed by atoms with Crippen LogP contribution in [0, 0.1) is 0 Å². The summed E-state index contributed by atoms with van der Waals surface area (Å²) < 4.78 is 5.50. The summed E-state index contributed by atoms with van der Waals surface area (Å²) in [5.74, 6) is 1.06. The Labute approximate surface area is 115 Å². The molecule has 0 saturated heterocycles. The molecule has 1 unspecified atom stereocenters. The van der Waals surface area contributed by atoms with Crippen molar-refractivity contribution in [2.45, 2.75) is 19.3 Å². The first kappa shape index (κ1) is 11.8. The summed E-state index contributed by atoms with van der Waals surface area (Å²) >= 11 is 12.3. The van der Waals surface area contributed by atoms with E-state index in [4.69, 9.17) is 27.6 Å². The number of rotatable bonds is 0. The van der Waals surface area contributed by atoms with Crippen molar-refractivity contribution in [1.29, 1.82) is 0 Å². The molecule has 0 N–H and O–H groups in total. The van der Waals surface area contributed by atoms with E-state index >= 15 is 0 Å². The first-order valence-electron chi connectivity index (χ1n) is 5.76.